The van der Waals surface area contributed by atoms with Gasteiger partial charge in [0.2, 0.25) is 10.0 Å². The van der Waals surface area contributed by atoms with E-state index in [4.69, 9.17) is 0 Å². The number of benzene rings is 1. The van der Waals surface area contributed by atoms with Gasteiger partial charge in [0.15, 0.2) is 5.82 Å². The molecule has 0 unspecified atom stereocenters. The Hall–Kier alpha value is -2.39. The van der Waals surface area contributed by atoms with Crippen molar-refractivity contribution in [3.05, 3.63) is 53.6 Å². The van der Waals surface area contributed by atoms with Crippen LogP contribution in [0.1, 0.15) is 39.2 Å². The first-order chi connectivity index (χ1) is 14.4. The van der Waals surface area contributed by atoms with E-state index >= 15 is 0 Å². The zero-order chi connectivity index (χ0) is 22.6. The standard InChI is InChI=1S/C22H24F3N3O2S/c1-22(2,3)12-28-11-13(9-27-31(29,30)15-4-5-15)16-7-18(24)17(8-20(16)28)21-19(25)6-14(23)10-26-21/h6-8,10-11,15,27H,4-5,9,12H2,1-3H3. The molecular formula is C22H24F3N3O2S. The maximum absolute atomic E-state index is 15.0. The zero-order valence-corrected chi connectivity index (χ0v) is 18.4. The summed E-state index contributed by atoms with van der Waals surface area (Å²) in [4.78, 5) is 3.73. The maximum Gasteiger partial charge on any atom is 0.214 e. The van der Waals surface area contributed by atoms with E-state index in [1.54, 1.807) is 6.20 Å². The van der Waals surface area contributed by atoms with Crippen LogP contribution >= 0.6 is 0 Å². The lowest BCUT2D eigenvalue weighted by Crippen LogP contribution is -2.26. The van der Waals surface area contributed by atoms with Crippen LogP contribution in [0.25, 0.3) is 22.2 Å². The minimum atomic E-state index is -3.40. The van der Waals surface area contributed by atoms with Gasteiger partial charge in [0, 0.05) is 41.8 Å². The molecule has 0 aliphatic heterocycles. The van der Waals surface area contributed by atoms with Crippen molar-refractivity contribution in [3.8, 4) is 11.3 Å². The lowest BCUT2D eigenvalue weighted by Gasteiger charge is -2.20. The summed E-state index contributed by atoms with van der Waals surface area (Å²) >= 11 is 0. The Balaban J connectivity index is 1.81. The number of fused-ring (bicyclic) bond motifs is 1. The van der Waals surface area contributed by atoms with Crippen molar-refractivity contribution < 1.29 is 21.6 Å². The molecule has 31 heavy (non-hydrogen) atoms. The highest BCUT2D eigenvalue weighted by Gasteiger charge is 2.35. The van der Waals surface area contributed by atoms with E-state index in [1.165, 1.54) is 12.1 Å². The van der Waals surface area contributed by atoms with Crippen LogP contribution in [0.3, 0.4) is 0 Å². The van der Waals surface area contributed by atoms with Gasteiger partial charge in [0.05, 0.1) is 11.4 Å². The quantitative estimate of drug-likeness (QED) is 0.588. The first kappa shape index (κ1) is 21.8. The Morgan fingerprint density at radius 1 is 1.13 bits per heavy atom. The normalized spacial score (nSPS) is 15.0. The summed E-state index contributed by atoms with van der Waals surface area (Å²) in [5, 5.41) is 0.179. The summed E-state index contributed by atoms with van der Waals surface area (Å²) in [6, 6.07) is 3.41. The number of hydrogen-bond donors (Lipinski definition) is 1. The first-order valence-electron chi connectivity index (χ1n) is 10.1. The predicted octanol–water partition coefficient (Wildman–Crippen LogP) is 4.75. The molecule has 2 aromatic heterocycles. The van der Waals surface area contributed by atoms with Gasteiger partial charge in [-0.2, -0.15) is 0 Å². The van der Waals surface area contributed by atoms with Gasteiger partial charge in [-0.1, -0.05) is 20.8 Å². The first-order valence-corrected chi connectivity index (χ1v) is 11.6. The largest absolute Gasteiger partial charge is 0.347 e. The van der Waals surface area contributed by atoms with E-state index in [2.05, 4.69) is 9.71 Å². The van der Waals surface area contributed by atoms with Crippen molar-refractivity contribution in [3.63, 3.8) is 0 Å². The smallest absolute Gasteiger partial charge is 0.214 e. The molecule has 3 aromatic rings. The van der Waals surface area contributed by atoms with E-state index < -0.39 is 27.5 Å². The lowest BCUT2D eigenvalue weighted by molar-refractivity contribution is 0.349. The molecule has 1 aliphatic carbocycles. The fraction of sp³-hybridized carbons (Fsp3) is 0.409. The van der Waals surface area contributed by atoms with Crippen LogP contribution in [0.2, 0.25) is 0 Å². The molecule has 1 aliphatic rings. The van der Waals surface area contributed by atoms with Gasteiger partial charge in [0.25, 0.3) is 0 Å². The summed E-state index contributed by atoms with van der Waals surface area (Å²) in [5.74, 6) is -2.51. The molecule has 0 spiro atoms. The van der Waals surface area contributed by atoms with Gasteiger partial charge in [0.1, 0.15) is 17.3 Å². The van der Waals surface area contributed by atoms with Crippen LogP contribution in [-0.4, -0.2) is 23.2 Å². The van der Waals surface area contributed by atoms with Crippen molar-refractivity contribution in [1.82, 2.24) is 14.3 Å². The second kappa shape index (κ2) is 7.63. The average molecular weight is 452 g/mol. The molecule has 1 aromatic carbocycles. The molecule has 4 rings (SSSR count). The predicted molar refractivity (Wildman–Crippen MR) is 113 cm³/mol. The topological polar surface area (TPSA) is 64.0 Å². The van der Waals surface area contributed by atoms with Crippen LogP contribution in [0, 0.1) is 22.9 Å². The Kier molecular flexibility index (Phi) is 5.37. The SMILES string of the molecule is CC(C)(C)Cn1cc(CNS(=O)(=O)C2CC2)c2cc(F)c(-c3ncc(F)cc3F)cc21. The highest BCUT2D eigenvalue weighted by atomic mass is 32.2. The van der Waals surface area contributed by atoms with E-state index in [1.807, 2.05) is 25.3 Å². The number of sulfonamides is 1. The molecule has 1 saturated carbocycles. The molecular weight excluding hydrogens is 427 g/mol. The molecule has 0 saturated heterocycles. The molecule has 0 atom stereocenters. The molecule has 0 amide bonds. The van der Waals surface area contributed by atoms with E-state index in [-0.39, 0.29) is 28.5 Å². The van der Waals surface area contributed by atoms with Crippen LogP contribution in [0.15, 0.2) is 30.6 Å². The van der Waals surface area contributed by atoms with E-state index in [9.17, 15) is 21.6 Å². The van der Waals surface area contributed by atoms with E-state index in [0.717, 1.165) is 6.20 Å². The van der Waals surface area contributed by atoms with Crippen LogP contribution in [0.4, 0.5) is 13.2 Å². The van der Waals surface area contributed by atoms with Gasteiger partial charge < -0.3 is 4.57 Å². The van der Waals surface area contributed by atoms with Crippen molar-refractivity contribution >= 4 is 20.9 Å². The summed E-state index contributed by atoms with van der Waals surface area (Å²) in [6.45, 7) is 6.73. The Morgan fingerprint density at radius 3 is 2.45 bits per heavy atom. The Bertz CT molecular complexity index is 1260. The lowest BCUT2D eigenvalue weighted by atomic mass is 9.97. The summed E-state index contributed by atoms with van der Waals surface area (Å²) < 4.78 is 71.5. The molecule has 5 nitrogen and oxygen atoms in total. The van der Waals surface area contributed by atoms with Crippen LogP contribution < -0.4 is 4.72 Å². The van der Waals surface area contributed by atoms with Crippen molar-refractivity contribution in [2.45, 2.75) is 52.0 Å². The summed E-state index contributed by atoms with van der Waals surface area (Å²) in [6.07, 6.45) is 3.93. The van der Waals surface area contributed by atoms with Gasteiger partial charge in [-0.25, -0.2) is 26.3 Å². The number of pyridine rings is 1. The minimum absolute atomic E-state index is 0.0361. The average Bonchev–Trinajstić information content (AvgIpc) is 3.45. The number of halogens is 3. The van der Waals surface area contributed by atoms with E-state index in [0.29, 0.717) is 41.9 Å². The number of aromatic nitrogens is 2. The summed E-state index contributed by atoms with van der Waals surface area (Å²) in [7, 11) is -3.40. The Morgan fingerprint density at radius 2 is 1.84 bits per heavy atom. The monoisotopic (exact) mass is 451 g/mol. The highest BCUT2D eigenvalue weighted by molar-refractivity contribution is 7.90. The highest BCUT2D eigenvalue weighted by Crippen LogP contribution is 2.33. The van der Waals surface area contributed by atoms with Gasteiger partial charge in [-0.15, -0.1) is 0 Å². The van der Waals surface area contributed by atoms with Crippen LogP contribution in [0.5, 0.6) is 0 Å². The second-order valence-electron chi connectivity index (χ2n) is 9.24. The fourth-order valence-corrected chi connectivity index (χ4v) is 4.98. The number of rotatable bonds is 6. The molecule has 0 radical (unpaired) electrons. The number of nitrogens with zero attached hydrogens (tertiary/aromatic N) is 2. The van der Waals surface area contributed by atoms with Crippen molar-refractivity contribution in [1.29, 1.82) is 0 Å². The number of hydrogen-bond acceptors (Lipinski definition) is 3. The third kappa shape index (κ3) is 4.62. The molecule has 1 N–H and O–H groups in total. The molecule has 0 bridgehead atoms. The third-order valence-corrected chi connectivity index (χ3v) is 7.08. The molecule has 166 valence electrons. The minimum Gasteiger partial charge on any atom is -0.347 e. The molecule has 2 heterocycles. The van der Waals surface area contributed by atoms with Crippen molar-refractivity contribution in [2.24, 2.45) is 5.41 Å². The van der Waals surface area contributed by atoms with Crippen LogP contribution in [-0.2, 0) is 23.1 Å². The molecule has 1 fully saturated rings. The van der Waals surface area contributed by atoms with Crippen molar-refractivity contribution in [2.75, 3.05) is 0 Å². The number of nitrogens with one attached hydrogen (secondary N) is 1. The molecule has 9 heteroatoms. The van der Waals surface area contributed by atoms with Gasteiger partial charge in [-0.05, 0) is 36.0 Å². The zero-order valence-electron chi connectivity index (χ0n) is 17.5. The second-order valence-corrected chi connectivity index (χ2v) is 11.3. The van der Waals surface area contributed by atoms with Gasteiger partial charge in [-0.3, -0.25) is 4.98 Å². The maximum atomic E-state index is 15.0. The fourth-order valence-electron chi connectivity index (χ4n) is 3.64. The summed E-state index contributed by atoms with van der Waals surface area (Å²) in [5.41, 5.74) is 0.771. The van der Waals surface area contributed by atoms with Gasteiger partial charge >= 0.3 is 0 Å². The third-order valence-electron chi connectivity index (χ3n) is 5.19. The Labute approximate surface area is 179 Å².